The summed E-state index contributed by atoms with van der Waals surface area (Å²) < 4.78 is 0. The Morgan fingerprint density at radius 1 is 1.45 bits per heavy atom. The van der Waals surface area contributed by atoms with E-state index in [9.17, 15) is 10.2 Å². The summed E-state index contributed by atoms with van der Waals surface area (Å²) in [4.78, 5) is 0. The van der Waals surface area contributed by atoms with E-state index in [1.54, 1.807) is 6.08 Å². The number of hydrogen-bond acceptors (Lipinski definition) is 2. The Hall–Kier alpha value is -0.340. The van der Waals surface area contributed by atoms with Gasteiger partial charge in [-0.15, -0.1) is 0 Å². The van der Waals surface area contributed by atoms with E-state index < -0.39 is 6.10 Å². The maximum Gasteiger partial charge on any atom is 0.0800 e. The fourth-order valence-corrected chi connectivity index (χ4v) is 1.72. The van der Waals surface area contributed by atoms with Gasteiger partial charge in [0, 0.05) is 0 Å². The van der Waals surface area contributed by atoms with Crippen molar-refractivity contribution in [2.45, 2.75) is 39.4 Å². The third-order valence-corrected chi connectivity index (χ3v) is 2.36. The molecule has 1 aliphatic rings. The number of hydrogen-bond donors (Lipinski definition) is 2. The van der Waals surface area contributed by atoms with Crippen LogP contribution in [0.15, 0.2) is 11.6 Å². The van der Waals surface area contributed by atoms with E-state index in [1.165, 1.54) is 0 Å². The summed E-state index contributed by atoms with van der Waals surface area (Å²) in [6.45, 7) is 5.80. The van der Waals surface area contributed by atoms with Gasteiger partial charge in [0.15, 0.2) is 0 Å². The zero-order valence-electron chi connectivity index (χ0n) is 7.33. The Kier molecular flexibility index (Phi) is 2.08. The molecule has 0 aromatic heterocycles. The Labute approximate surface area is 67.6 Å². The molecule has 0 unspecified atom stereocenters. The molecule has 1 rings (SSSR count). The van der Waals surface area contributed by atoms with Gasteiger partial charge in [0.2, 0.25) is 0 Å². The van der Waals surface area contributed by atoms with Gasteiger partial charge < -0.3 is 10.2 Å². The lowest BCUT2D eigenvalue weighted by atomic mass is 9.74. The molecule has 0 radical (unpaired) electrons. The monoisotopic (exact) mass is 156 g/mol. The minimum Gasteiger partial charge on any atom is -0.389 e. The third-order valence-electron chi connectivity index (χ3n) is 2.36. The van der Waals surface area contributed by atoms with Crippen molar-refractivity contribution < 1.29 is 10.2 Å². The fraction of sp³-hybridized carbons (Fsp3) is 0.778. The van der Waals surface area contributed by atoms with Crippen LogP contribution in [0.2, 0.25) is 0 Å². The van der Waals surface area contributed by atoms with Crippen molar-refractivity contribution in [3.05, 3.63) is 11.6 Å². The van der Waals surface area contributed by atoms with Crippen LogP contribution in [0.5, 0.6) is 0 Å². The Morgan fingerprint density at radius 3 is 2.45 bits per heavy atom. The zero-order chi connectivity index (χ0) is 8.65. The number of rotatable bonds is 0. The first-order chi connectivity index (χ1) is 4.93. The molecular weight excluding hydrogens is 140 g/mol. The summed E-state index contributed by atoms with van der Waals surface area (Å²) in [5, 5.41) is 19.0. The van der Waals surface area contributed by atoms with Crippen LogP contribution in [0.3, 0.4) is 0 Å². The minimum atomic E-state index is -0.397. The minimum absolute atomic E-state index is 0.182. The number of aliphatic hydroxyl groups is 2. The van der Waals surface area contributed by atoms with Crippen LogP contribution < -0.4 is 0 Å². The standard InChI is InChI=1S/C9H16O2/c1-6-4-7(10)5-9(2,3)8(6)11/h4,7-8,10-11H,5H2,1-3H3/t7-,8-/m0/s1. The highest BCUT2D eigenvalue weighted by Crippen LogP contribution is 2.35. The lowest BCUT2D eigenvalue weighted by Gasteiger charge is -2.36. The first-order valence-corrected chi connectivity index (χ1v) is 3.98. The van der Waals surface area contributed by atoms with Crippen molar-refractivity contribution >= 4 is 0 Å². The van der Waals surface area contributed by atoms with E-state index in [2.05, 4.69) is 0 Å². The van der Waals surface area contributed by atoms with Crippen LogP contribution in [-0.2, 0) is 0 Å². The molecule has 0 heterocycles. The highest BCUT2D eigenvalue weighted by molar-refractivity contribution is 5.16. The van der Waals surface area contributed by atoms with E-state index in [0.717, 1.165) is 5.57 Å². The van der Waals surface area contributed by atoms with Crippen LogP contribution in [0, 0.1) is 5.41 Å². The third kappa shape index (κ3) is 1.63. The quantitative estimate of drug-likeness (QED) is 0.515. The van der Waals surface area contributed by atoms with Gasteiger partial charge in [-0.1, -0.05) is 19.9 Å². The summed E-state index contributed by atoms with van der Waals surface area (Å²) in [5.41, 5.74) is 0.701. The normalized spacial score (nSPS) is 36.6. The van der Waals surface area contributed by atoms with Crippen LogP contribution in [-0.4, -0.2) is 22.4 Å². The molecule has 1 aliphatic carbocycles. The molecule has 0 bridgehead atoms. The Bertz CT molecular complexity index is 182. The van der Waals surface area contributed by atoms with Gasteiger partial charge in [0.1, 0.15) is 0 Å². The van der Waals surface area contributed by atoms with Crippen molar-refractivity contribution in [2.24, 2.45) is 5.41 Å². The summed E-state index contributed by atoms with van der Waals surface area (Å²) >= 11 is 0. The lowest BCUT2D eigenvalue weighted by molar-refractivity contribution is 0.0277. The summed E-state index contributed by atoms with van der Waals surface area (Å²) in [7, 11) is 0. The first-order valence-electron chi connectivity index (χ1n) is 3.98. The van der Waals surface area contributed by atoms with E-state index in [0.29, 0.717) is 6.42 Å². The van der Waals surface area contributed by atoms with Gasteiger partial charge in [-0.25, -0.2) is 0 Å². The summed E-state index contributed by atoms with van der Waals surface area (Å²) in [6, 6.07) is 0. The lowest BCUT2D eigenvalue weighted by Crippen LogP contribution is -2.37. The smallest absolute Gasteiger partial charge is 0.0800 e. The molecule has 0 spiro atoms. The Morgan fingerprint density at radius 2 is 2.00 bits per heavy atom. The molecule has 2 N–H and O–H groups in total. The highest BCUT2D eigenvalue weighted by atomic mass is 16.3. The molecule has 0 aromatic carbocycles. The van der Waals surface area contributed by atoms with E-state index in [-0.39, 0.29) is 11.5 Å². The molecule has 2 heteroatoms. The predicted molar refractivity (Wildman–Crippen MR) is 44.2 cm³/mol. The van der Waals surface area contributed by atoms with Gasteiger partial charge in [0.25, 0.3) is 0 Å². The molecule has 2 nitrogen and oxygen atoms in total. The average molecular weight is 156 g/mol. The zero-order valence-corrected chi connectivity index (χ0v) is 7.33. The van der Waals surface area contributed by atoms with E-state index in [1.807, 2.05) is 20.8 Å². The predicted octanol–water partition coefficient (Wildman–Crippen LogP) is 1.08. The van der Waals surface area contributed by atoms with Gasteiger partial charge in [-0.05, 0) is 24.3 Å². The summed E-state index contributed by atoms with van der Waals surface area (Å²) in [5.74, 6) is 0. The molecular formula is C9H16O2. The topological polar surface area (TPSA) is 40.5 Å². The summed E-state index contributed by atoms with van der Waals surface area (Å²) in [6.07, 6.45) is 1.60. The first kappa shape index (κ1) is 8.75. The van der Waals surface area contributed by atoms with Crippen molar-refractivity contribution in [1.82, 2.24) is 0 Å². The fourth-order valence-electron chi connectivity index (χ4n) is 1.72. The molecule has 0 fully saturated rings. The van der Waals surface area contributed by atoms with Crippen LogP contribution in [0.25, 0.3) is 0 Å². The van der Waals surface area contributed by atoms with Gasteiger partial charge >= 0.3 is 0 Å². The maximum absolute atomic E-state index is 9.64. The molecule has 0 saturated carbocycles. The second-order valence-electron chi connectivity index (χ2n) is 4.07. The van der Waals surface area contributed by atoms with E-state index in [4.69, 9.17) is 0 Å². The van der Waals surface area contributed by atoms with Crippen LogP contribution in [0.4, 0.5) is 0 Å². The molecule has 0 aliphatic heterocycles. The molecule has 0 amide bonds. The average Bonchev–Trinajstić information content (AvgIpc) is 1.81. The maximum atomic E-state index is 9.64. The molecule has 0 saturated heterocycles. The highest BCUT2D eigenvalue weighted by Gasteiger charge is 2.34. The van der Waals surface area contributed by atoms with Gasteiger partial charge in [-0.2, -0.15) is 0 Å². The Balaban J connectivity index is 2.86. The molecule has 2 atom stereocenters. The van der Waals surface area contributed by atoms with Crippen molar-refractivity contribution in [3.8, 4) is 0 Å². The molecule has 11 heavy (non-hydrogen) atoms. The van der Waals surface area contributed by atoms with Crippen LogP contribution in [0.1, 0.15) is 27.2 Å². The van der Waals surface area contributed by atoms with E-state index >= 15 is 0 Å². The molecule has 0 aromatic rings. The second-order valence-corrected chi connectivity index (χ2v) is 4.07. The number of aliphatic hydroxyl groups excluding tert-OH is 2. The second kappa shape index (κ2) is 2.61. The molecule has 64 valence electrons. The van der Waals surface area contributed by atoms with Crippen molar-refractivity contribution in [1.29, 1.82) is 0 Å². The largest absolute Gasteiger partial charge is 0.389 e. The van der Waals surface area contributed by atoms with Gasteiger partial charge in [0.05, 0.1) is 12.2 Å². The van der Waals surface area contributed by atoms with Crippen molar-refractivity contribution in [3.63, 3.8) is 0 Å². The SMILES string of the molecule is CC1=C[C@H](O)CC(C)(C)[C@H]1O. The van der Waals surface area contributed by atoms with Crippen molar-refractivity contribution in [2.75, 3.05) is 0 Å². The van der Waals surface area contributed by atoms with Gasteiger partial charge in [-0.3, -0.25) is 0 Å². The van der Waals surface area contributed by atoms with Crippen LogP contribution >= 0.6 is 0 Å².